The third-order valence-electron chi connectivity index (χ3n) is 6.36. The maximum absolute atomic E-state index is 13.8. The fraction of sp³-hybridized carbons (Fsp3) is 0.478. The van der Waals surface area contributed by atoms with Gasteiger partial charge in [-0.05, 0) is 86.6 Å². The molecule has 0 fully saturated rings. The van der Waals surface area contributed by atoms with Crippen LogP contribution in [-0.2, 0) is 16.4 Å². The Morgan fingerprint density at radius 1 is 0.931 bits per heavy atom. The molecule has 0 amide bonds. The van der Waals surface area contributed by atoms with Gasteiger partial charge < -0.3 is 9.47 Å². The van der Waals surface area contributed by atoms with Crippen LogP contribution in [0.15, 0.2) is 23.1 Å². The Bertz CT molecular complexity index is 1050. The minimum absolute atomic E-state index is 0.263. The fourth-order valence-corrected chi connectivity index (χ4v) is 6.66. The molecule has 2 aliphatic heterocycles. The first-order valence-electron chi connectivity index (χ1n) is 10.2. The van der Waals surface area contributed by atoms with Gasteiger partial charge in [-0.2, -0.15) is 4.31 Å². The lowest BCUT2D eigenvalue weighted by Gasteiger charge is -2.35. The predicted molar refractivity (Wildman–Crippen MR) is 113 cm³/mol. The maximum atomic E-state index is 13.8. The van der Waals surface area contributed by atoms with Crippen LogP contribution in [-0.4, -0.2) is 32.5 Å². The van der Waals surface area contributed by atoms with Gasteiger partial charge in [0.05, 0.1) is 18.1 Å². The van der Waals surface area contributed by atoms with E-state index in [0.717, 1.165) is 45.6 Å². The largest absolute Gasteiger partial charge is 0.490 e. The predicted octanol–water partition coefficient (Wildman–Crippen LogP) is 4.39. The highest BCUT2D eigenvalue weighted by Crippen LogP contribution is 2.41. The molecule has 1 atom stereocenters. The quantitative estimate of drug-likeness (QED) is 0.730. The summed E-state index contributed by atoms with van der Waals surface area (Å²) < 4.78 is 40.8. The van der Waals surface area contributed by atoms with Crippen molar-refractivity contribution >= 4 is 10.0 Å². The van der Waals surface area contributed by atoms with Crippen LogP contribution in [0.25, 0.3) is 0 Å². The van der Waals surface area contributed by atoms with Crippen molar-refractivity contribution in [3.8, 4) is 11.5 Å². The highest BCUT2D eigenvalue weighted by Gasteiger charge is 2.37. The van der Waals surface area contributed by atoms with E-state index in [-0.39, 0.29) is 6.04 Å². The summed E-state index contributed by atoms with van der Waals surface area (Å²) in [6, 6.07) is 5.80. The van der Waals surface area contributed by atoms with Gasteiger partial charge in [-0.3, -0.25) is 0 Å². The van der Waals surface area contributed by atoms with Crippen molar-refractivity contribution in [3.05, 3.63) is 51.6 Å². The summed E-state index contributed by atoms with van der Waals surface area (Å²) in [6.07, 6.45) is 1.51. The van der Waals surface area contributed by atoms with Crippen molar-refractivity contribution in [2.24, 2.45) is 0 Å². The maximum Gasteiger partial charge on any atom is 0.244 e. The summed E-state index contributed by atoms with van der Waals surface area (Å²) in [6.45, 7) is 11.4. The number of ether oxygens (including phenoxy) is 2. The molecule has 0 aliphatic carbocycles. The van der Waals surface area contributed by atoms with Gasteiger partial charge in [0, 0.05) is 19.0 Å². The molecular weight excluding hydrogens is 386 g/mol. The van der Waals surface area contributed by atoms with E-state index < -0.39 is 10.0 Å². The molecule has 0 saturated carbocycles. The highest BCUT2D eigenvalue weighted by molar-refractivity contribution is 7.89. The van der Waals surface area contributed by atoms with Gasteiger partial charge in [-0.15, -0.1) is 0 Å². The summed E-state index contributed by atoms with van der Waals surface area (Å²) in [5.74, 6) is 1.48. The molecule has 2 aliphatic rings. The van der Waals surface area contributed by atoms with E-state index in [2.05, 4.69) is 6.07 Å². The fourth-order valence-electron chi connectivity index (χ4n) is 4.46. The number of rotatable bonds is 2. The van der Waals surface area contributed by atoms with E-state index in [1.54, 1.807) is 4.31 Å². The molecule has 0 aromatic heterocycles. The molecule has 29 heavy (non-hydrogen) atoms. The average molecular weight is 416 g/mol. The van der Waals surface area contributed by atoms with Crippen LogP contribution in [0.5, 0.6) is 11.5 Å². The van der Waals surface area contributed by atoms with Gasteiger partial charge in [0.25, 0.3) is 0 Å². The molecule has 5 nitrogen and oxygen atoms in total. The molecule has 0 unspecified atom stereocenters. The molecule has 2 aromatic rings. The van der Waals surface area contributed by atoms with Crippen LogP contribution in [0.4, 0.5) is 0 Å². The van der Waals surface area contributed by atoms with E-state index in [1.807, 2.05) is 46.8 Å². The molecule has 2 heterocycles. The molecule has 156 valence electrons. The van der Waals surface area contributed by atoms with Gasteiger partial charge in [0.1, 0.15) is 0 Å². The number of nitrogens with zero attached hydrogens (tertiary/aromatic N) is 1. The first-order valence-corrected chi connectivity index (χ1v) is 11.7. The van der Waals surface area contributed by atoms with Crippen LogP contribution in [0.3, 0.4) is 0 Å². The normalized spacial score (nSPS) is 19.6. The molecule has 0 saturated heterocycles. The van der Waals surface area contributed by atoms with Crippen LogP contribution in [0.1, 0.15) is 52.8 Å². The minimum atomic E-state index is -3.63. The second-order valence-electron chi connectivity index (χ2n) is 8.18. The molecule has 0 bridgehead atoms. The zero-order chi connectivity index (χ0) is 20.9. The Morgan fingerprint density at radius 2 is 1.52 bits per heavy atom. The van der Waals surface area contributed by atoms with E-state index in [9.17, 15) is 8.42 Å². The lowest BCUT2D eigenvalue weighted by molar-refractivity contribution is 0.296. The number of hydrogen-bond acceptors (Lipinski definition) is 4. The highest BCUT2D eigenvalue weighted by atomic mass is 32.2. The number of fused-ring (bicyclic) bond motifs is 2. The van der Waals surface area contributed by atoms with Crippen LogP contribution < -0.4 is 9.47 Å². The molecule has 0 spiro atoms. The average Bonchev–Trinajstić information content (AvgIpc) is 2.90. The Balaban J connectivity index is 1.78. The molecular formula is C23H29NO4S. The van der Waals surface area contributed by atoms with Crippen molar-refractivity contribution in [1.29, 1.82) is 0 Å². The molecule has 6 heteroatoms. The zero-order valence-electron chi connectivity index (χ0n) is 17.8. The molecule has 0 N–H and O–H groups in total. The zero-order valence-corrected chi connectivity index (χ0v) is 18.6. The van der Waals surface area contributed by atoms with Gasteiger partial charge in [-0.1, -0.05) is 6.07 Å². The Kier molecular flexibility index (Phi) is 5.11. The van der Waals surface area contributed by atoms with Crippen molar-refractivity contribution in [1.82, 2.24) is 4.31 Å². The summed E-state index contributed by atoms with van der Waals surface area (Å²) in [4.78, 5) is 0.458. The Hall–Kier alpha value is -2.05. The molecule has 4 rings (SSSR count). The van der Waals surface area contributed by atoms with E-state index >= 15 is 0 Å². The third-order valence-corrected chi connectivity index (χ3v) is 8.60. The smallest absolute Gasteiger partial charge is 0.244 e. The number of sulfonamides is 1. The molecule has 2 aromatic carbocycles. The Morgan fingerprint density at radius 3 is 2.14 bits per heavy atom. The number of aryl methyl sites for hydroxylation is 2. The van der Waals surface area contributed by atoms with Gasteiger partial charge in [0.2, 0.25) is 10.0 Å². The summed E-state index contributed by atoms with van der Waals surface area (Å²) in [7, 11) is -3.63. The SMILES string of the molecule is Cc1cc(C)c(C)c(S(=O)(=O)N2CCc3cc4c(cc3[C@@H]2C)OCCCO4)c1C. The van der Waals surface area contributed by atoms with Gasteiger partial charge >= 0.3 is 0 Å². The lowest BCUT2D eigenvalue weighted by atomic mass is 9.94. The summed E-state index contributed by atoms with van der Waals surface area (Å²) in [5.41, 5.74) is 5.83. The standard InChI is InChI=1S/C23H29NO4S/c1-14-11-15(2)17(4)23(16(14)3)29(25,26)24-8-7-19-12-21-22(13-20(19)18(24)5)28-10-6-9-27-21/h11-13,18H,6-10H2,1-5H3/t18-/m0/s1. The number of benzene rings is 2. The van der Waals surface area contributed by atoms with Crippen molar-refractivity contribution in [2.45, 2.75) is 58.4 Å². The van der Waals surface area contributed by atoms with Crippen LogP contribution in [0.2, 0.25) is 0 Å². The van der Waals surface area contributed by atoms with E-state index in [1.165, 1.54) is 0 Å². The summed E-state index contributed by atoms with van der Waals surface area (Å²) >= 11 is 0. The second-order valence-corrected chi connectivity index (χ2v) is 10.0. The first-order chi connectivity index (χ1) is 13.7. The van der Waals surface area contributed by atoms with Crippen molar-refractivity contribution in [2.75, 3.05) is 19.8 Å². The summed E-state index contributed by atoms with van der Waals surface area (Å²) in [5, 5.41) is 0. The second kappa shape index (κ2) is 7.33. The van der Waals surface area contributed by atoms with Gasteiger partial charge in [-0.25, -0.2) is 8.42 Å². The van der Waals surface area contributed by atoms with Crippen molar-refractivity contribution in [3.63, 3.8) is 0 Å². The van der Waals surface area contributed by atoms with E-state index in [0.29, 0.717) is 36.8 Å². The topological polar surface area (TPSA) is 55.8 Å². The van der Waals surface area contributed by atoms with Crippen LogP contribution >= 0.6 is 0 Å². The monoisotopic (exact) mass is 415 g/mol. The van der Waals surface area contributed by atoms with Crippen molar-refractivity contribution < 1.29 is 17.9 Å². The number of hydrogen-bond donors (Lipinski definition) is 0. The third kappa shape index (κ3) is 3.32. The van der Waals surface area contributed by atoms with E-state index in [4.69, 9.17) is 9.47 Å². The molecule has 0 radical (unpaired) electrons. The Labute approximate surface area is 173 Å². The van der Waals surface area contributed by atoms with Gasteiger partial charge in [0.15, 0.2) is 11.5 Å². The lowest BCUT2D eigenvalue weighted by Crippen LogP contribution is -2.39. The minimum Gasteiger partial charge on any atom is -0.490 e. The first kappa shape index (κ1) is 20.2. The van der Waals surface area contributed by atoms with Crippen LogP contribution in [0, 0.1) is 27.7 Å².